The zero-order chi connectivity index (χ0) is 11.4. The molecule has 0 aliphatic heterocycles. The average molecular weight is 228 g/mol. The maximum absolute atomic E-state index is 11.8. The Morgan fingerprint density at radius 2 is 2.27 bits per heavy atom. The van der Waals surface area contributed by atoms with Crippen molar-refractivity contribution >= 4 is 23.1 Å². The Labute approximate surface area is 96.8 Å². The average Bonchev–Trinajstić information content (AvgIpc) is 2.51. The minimum atomic E-state index is -0.295. The molecular weight excluding hydrogens is 208 g/mol. The molecule has 4 heteroatoms. The molecule has 3 atom stereocenters. The number of rotatable bonds is 4. The highest BCUT2D eigenvalue weighted by atomic mass is 32.1. The van der Waals surface area contributed by atoms with E-state index in [4.69, 9.17) is 18.0 Å². The summed E-state index contributed by atoms with van der Waals surface area (Å²) in [5.41, 5.74) is 5.52. The SMILES string of the molecule is CCC(C(=O)NC1CCC(C)C1)C(N)=S. The molecule has 1 fully saturated rings. The third kappa shape index (κ3) is 3.45. The van der Waals surface area contributed by atoms with E-state index in [1.54, 1.807) is 0 Å². The zero-order valence-corrected chi connectivity index (χ0v) is 10.3. The van der Waals surface area contributed by atoms with Gasteiger partial charge in [0.15, 0.2) is 0 Å². The molecule has 0 aromatic carbocycles. The van der Waals surface area contributed by atoms with E-state index in [2.05, 4.69) is 12.2 Å². The van der Waals surface area contributed by atoms with Gasteiger partial charge in [-0.3, -0.25) is 4.79 Å². The summed E-state index contributed by atoms with van der Waals surface area (Å²) < 4.78 is 0. The molecule has 1 amide bonds. The summed E-state index contributed by atoms with van der Waals surface area (Å²) in [5, 5.41) is 3.04. The molecule has 0 heterocycles. The molecule has 86 valence electrons. The summed E-state index contributed by atoms with van der Waals surface area (Å²) >= 11 is 4.87. The second-order valence-electron chi connectivity index (χ2n) is 4.49. The summed E-state index contributed by atoms with van der Waals surface area (Å²) in [6, 6.07) is 0.330. The van der Waals surface area contributed by atoms with Gasteiger partial charge in [-0.25, -0.2) is 0 Å². The minimum Gasteiger partial charge on any atom is -0.393 e. The molecule has 0 radical (unpaired) electrons. The molecule has 3 N–H and O–H groups in total. The third-order valence-electron chi connectivity index (χ3n) is 3.11. The first-order chi connectivity index (χ1) is 7.04. The van der Waals surface area contributed by atoms with Crippen LogP contribution in [-0.4, -0.2) is 16.9 Å². The third-order valence-corrected chi connectivity index (χ3v) is 3.39. The van der Waals surface area contributed by atoms with E-state index in [9.17, 15) is 4.79 Å². The van der Waals surface area contributed by atoms with Gasteiger partial charge in [-0.1, -0.05) is 26.1 Å². The van der Waals surface area contributed by atoms with E-state index in [1.807, 2.05) is 6.92 Å². The lowest BCUT2D eigenvalue weighted by Gasteiger charge is -2.17. The van der Waals surface area contributed by atoms with E-state index in [-0.39, 0.29) is 11.8 Å². The molecule has 3 unspecified atom stereocenters. The van der Waals surface area contributed by atoms with E-state index in [0.717, 1.165) is 18.8 Å². The van der Waals surface area contributed by atoms with Gasteiger partial charge in [0.2, 0.25) is 5.91 Å². The fourth-order valence-electron chi connectivity index (χ4n) is 2.16. The van der Waals surface area contributed by atoms with Crippen molar-refractivity contribution in [3.63, 3.8) is 0 Å². The van der Waals surface area contributed by atoms with Crippen molar-refractivity contribution in [3.8, 4) is 0 Å². The van der Waals surface area contributed by atoms with Crippen LogP contribution in [0.2, 0.25) is 0 Å². The van der Waals surface area contributed by atoms with E-state index in [1.165, 1.54) is 6.42 Å². The van der Waals surface area contributed by atoms with Gasteiger partial charge in [-0.2, -0.15) is 0 Å². The monoisotopic (exact) mass is 228 g/mol. The number of carbonyl (C=O) groups excluding carboxylic acids is 1. The summed E-state index contributed by atoms with van der Waals surface area (Å²) in [6.07, 6.45) is 4.05. The molecule has 0 aromatic heterocycles. The van der Waals surface area contributed by atoms with Gasteiger partial charge in [0, 0.05) is 6.04 Å². The number of hydrogen-bond acceptors (Lipinski definition) is 2. The normalized spacial score (nSPS) is 27.3. The van der Waals surface area contributed by atoms with Crippen molar-refractivity contribution < 1.29 is 4.79 Å². The molecule has 1 saturated carbocycles. The highest BCUT2D eigenvalue weighted by molar-refractivity contribution is 7.80. The van der Waals surface area contributed by atoms with Gasteiger partial charge in [-0.15, -0.1) is 0 Å². The molecule has 15 heavy (non-hydrogen) atoms. The number of thiocarbonyl (C=S) groups is 1. The van der Waals surface area contributed by atoms with E-state index in [0.29, 0.717) is 17.5 Å². The first-order valence-corrected chi connectivity index (χ1v) is 6.05. The highest BCUT2D eigenvalue weighted by Gasteiger charge is 2.26. The second-order valence-corrected chi connectivity index (χ2v) is 4.96. The van der Waals surface area contributed by atoms with Gasteiger partial charge in [-0.05, 0) is 31.6 Å². The van der Waals surface area contributed by atoms with E-state index < -0.39 is 0 Å². The van der Waals surface area contributed by atoms with Crippen molar-refractivity contribution in [2.24, 2.45) is 17.6 Å². The minimum absolute atomic E-state index is 0.00380. The van der Waals surface area contributed by atoms with Gasteiger partial charge in [0.1, 0.15) is 0 Å². The summed E-state index contributed by atoms with van der Waals surface area (Å²) in [4.78, 5) is 12.1. The number of carbonyl (C=O) groups is 1. The summed E-state index contributed by atoms with van der Waals surface area (Å²) in [5.74, 6) is 0.431. The van der Waals surface area contributed by atoms with Gasteiger partial charge < -0.3 is 11.1 Å². The number of amides is 1. The Hall–Kier alpha value is -0.640. The molecule has 0 aromatic rings. The molecule has 3 nitrogen and oxygen atoms in total. The Morgan fingerprint density at radius 1 is 1.60 bits per heavy atom. The Bertz CT molecular complexity index is 255. The van der Waals surface area contributed by atoms with Crippen LogP contribution in [0.15, 0.2) is 0 Å². The van der Waals surface area contributed by atoms with Gasteiger partial charge in [0.05, 0.1) is 10.9 Å². The number of nitrogens with one attached hydrogen (secondary N) is 1. The molecule has 0 spiro atoms. The number of nitrogens with two attached hydrogens (primary N) is 1. The van der Waals surface area contributed by atoms with Crippen LogP contribution in [0.1, 0.15) is 39.5 Å². The van der Waals surface area contributed by atoms with Crippen LogP contribution in [-0.2, 0) is 4.79 Å². The summed E-state index contributed by atoms with van der Waals surface area (Å²) in [6.45, 7) is 4.15. The quantitative estimate of drug-likeness (QED) is 0.719. The smallest absolute Gasteiger partial charge is 0.230 e. The van der Waals surface area contributed by atoms with Crippen molar-refractivity contribution in [2.45, 2.75) is 45.6 Å². The molecule has 0 saturated heterocycles. The lowest BCUT2D eigenvalue weighted by molar-refractivity contribution is -0.123. The van der Waals surface area contributed by atoms with Crippen molar-refractivity contribution in [3.05, 3.63) is 0 Å². The highest BCUT2D eigenvalue weighted by Crippen LogP contribution is 2.24. The molecule has 1 aliphatic carbocycles. The van der Waals surface area contributed by atoms with Crippen molar-refractivity contribution in [2.75, 3.05) is 0 Å². The fourth-order valence-corrected chi connectivity index (χ4v) is 2.43. The predicted octanol–water partition coefficient (Wildman–Crippen LogP) is 1.60. The lowest BCUT2D eigenvalue weighted by Crippen LogP contribution is -2.41. The first-order valence-electron chi connectivity index (χ1n) is 5.64. The van der Waals surface area contributed by atoms with Crippen LogP contribution in [0.25, 0.3) is 0 Å². The van der Waals surface area contributed by atoms with Crippen LogP contribution < -0.4 is 11.1 Å². The zero-order valence-electron chi connectivity index (χ0n) is 9.45. The lowest BCUT2D eigenvalue weighted by atomic mass is 10.1. The number of hydrogen-bond donors (Lipinski definition) is 2. The first kappa shape index (κ1) is 12.4. The van der Waals surface area contributed by atoms with E-state index >= 15 is 0 Å². The molecule has 1 aliphatic rings. The van der Waals surface area contributed by atoms with Crippen molar-refractivity contribution in [1.82, 2.24) is 5.32 Å². The molecule has 1 rings (SSSR count). The van der Waals surface area contributed by atoms with Crippen LogP contribution >= 0.6 is 12.2 Å². The Kier molecular flexibility index (Phi) is 4.51. The Balaban J connectivity index is 2.43. The maximum atomic E-state index is 11.8. The van der Waals surface area contributed by atoms with Crippen molar-refractivity contribution in [1.29, 1.82) is 0 Å². The predicted molar refractivity (Wildman–Crippen MR) is 65.5 cm³/mol. The molecular formula is C11H20N2OS. The Morgan fingerprint density at radius 3 is 2.67 bits per heavy atom. The van der Waals surface area contributed by atoms with Crippen LogP contribution in [0.3, 0.4) is 0 Å². The van der Waals surface area contributed by atoms with Crippen LogP contribution in [0, 0.1) is 11.8 Å². The van der Waals surface area contributed by atoms with Crippen LogP contribution in [0.4, 0.5) is 0 Å². The van der Waals surface area contributed by atoms with Crippen LogP contribution in [0.5, 0.6) is 0 Å². The topological polar surface area (TPSA) is 55.1 Å². The standard InChI is InChI=1S/C11H20N2OS/c1-3-9(10(12)15)11(14)13-8-5-4-7(2)6-8/h7-9H,3-6H2,1-2H3,(H2,12,15)(H,13,14). The largest absolute Gasteiger partial charge is 0.393 e. The fraction of sp³-hybridized carbons (Fsp3) is 0.818. The maximum Gasteiger partial charge on any atom is 0.230 e. The van der Waals surface area contributed by atoms with Gasteiger partial charge >= 0.3 is 0 Å². The van der Waals surface area contributed by atoms with Gasteiger partial charge in [0.25, 0.3) is 0 Å². The molecule has 0 bridgehead atoms. The summed E-state index contributed by atoms with van der Waals surface area (Å²) in [7, 11) is 0. The second kappa shape index (κ2) is 5.45.